The van der Waals surface area contributed by atoms with Gasteiger partial charge in [-0.15, -0.1) is 12.6 Å². The fourth-order valence-electron chi connectivity index (χ4n) is 2.30. The van der Waals surface area contributed by atoms with Gasteiger partial charge in [-0.3, -0.25) is 4.79 Å². The third-order valence-corrected chi connectivity index (χ3v) is 4.04. The summed E-state index contributed by atoms with van der Waals surface area (Å²) in [4.78, 5) is 13.0. The van der Waals surface area contributed by atoms with E-state index in [1.165, 1.54) is 0 Å². The van der Waals surface area contributed by atoms with Crippen LogP contribution in [0.1, 0.15) is 15.9 Å². The van der Waals surface area contributed by atoms with Gasteiger partial charge in [-0.2, -0.15) is 0 Å². The number of amides is 1. The topological polar surface area (TPSA) is 64.4 Å². The minimum Gasteiger partial charge on any atom is -0.489 e. The fraction of sp³-hybridized carbons (Fsp3) is 0.0500. The number of ether oxygens (including phenoxy) is 1. The Kier molecular flexibility index (Phi) is 5.26. The molecule has 0 fully saturated rings. The Hall–Kier alpha value is -2.92. The highest BCUT2D eigenvalue weighted by Crippen LogP contribution is 2.21. The predicted octanol–water partition coefficient (Wildman–Crippen LogP) is 4.39. The molecule has 3 aromatic carbocycles. The van der Waals surface area contributed by atoms with E-state index in [1.807, 2.05) is 48.5 Å². The Morgan fingerprint density at radius 1 is 1.00 bits per heavy atom. The first-order valence-electron chi connectivity index (χ1n) is 7.78. The standard InChI is InChI=1S/C20H18N2O2S/c21-18-11-15(9-10-19(18)25)20(23)22-16-7-4-8-17(12-16)24-13-14-5-2-1-3-6-14/h1-12,25H,13,21H2,(H,22,23). The van der Waals surface area contributed by atoms with Crippen molar-refractivity contribution in [2.24, 2.45) is 0 Å². The van der Waals surface area contributed by atoms with E-state index in [4.69, 9.17) is 10.5 Å². The zero-order valence-electron chi connectivity index (χ0n) is 13.5. The molecule has 0 saturated heterocycles. The molecule has 0 aromatic heterocycles. The largest absolute Gasteiger partial charge is 0.489 e. The number of carbonyl (C=O) groups is 1. The summed E-state index contributed by atoms with van der Waals surface area (Å²) in [6.45, 7) is 0.470. The van der Waals surface area contributed by atoms with Gasteiger partial charge in [0.15, 0.2) is 0 Å². The molecule has 25 heavy (non-hydrogen) atoms. The maximum Gasteiger partial charge on any atom is 0.255 e. The first-order chi connectivity index (χ1) is 12.1. The summed E-state index contributed by atoms with van der Waals surface area (Å²) in [6.07, 6.45) is 0. The van der Waals surface area contributed by atoms with Gasteiger partial charge >= 0.3 is 0 Å². The highest BCUT2D eigenvalue weighted by atomic mass is 32.1. The Bertz CT molecular complexity index is 882. The van der Waals surface area contributed by atoms with E-state index in [2.05, 4.69) is 17.9 Å². The molecule has 0 aliphatic carbocycles. The second-order valence-electron chi connectivity index (χ2n) is 5.53. The van der Waals surface area contributed by atoms with Crippen molar-refractivity contribution < 1.29 is 9.53 Å². The van der Waals surface area contributed by atoms with Crippen molar-refractivity contribution >= 4 is 29.9 Å². The highest BCUT2D eigenvalue weighted by molar-refractivity contribution is 7.80. The molecule has 0 bridgehead atoms. The van der Waals surface area contributed by atoms with Gasteiger partial charge in [-0.1, -0.05) is 36.4 Å². The summed E-state index contributed by atoms with van der Waals surface area (Å²) in [6, 6.07) is 22.2. The monoisotopic (exact) mass is 350 g/mol. The summed E-state index contributed by atoms with van der Waals surface area (Å²) in [5, 5.41) is 2.84. The second kappa shape index (κ2) is 7.77. The van der Waals surface area contributed by atoms with Crippen LogP contribution in [0.2, 0.25) is 0 Å². The molecule has 3 rings (SSSR count). The van der Waals surface area contributed by atoms with Crippen LogP contribution in [0.25, 0.3) is 0 Å². The van der Waals surface area contributed by atoms with Crippen molar-refractivity contribution in [1.82, 2.24) is 0 Å². The lowest BCUT2D eigenvalue weighted by atomic mass is 10.2. The van der Waals surface area contributed by atoms with E-state index in [0.717, 1.165) is 5.56 Å². The Balaban J connectivity index is 1.66. The number of nitrogens with one attached hydrogen (secondary N) is 1. The molecule has 3 N–H and O–H groups in total. The average Bonchev–Trinajstić information content (AvgIpc) is 2.63. The smallest absolute Gasteiger partial charge is 0.255 e. The number of thiol groups is 1. The van der Waals surface area contributed by atoms with Crippen LogP contribution in [-0.4, -0.2) is 5.91 Å². The minimum atomic E-state index is -0.236. The number of rotatable bonds is 5. The molecule has 4 nitrogen and oxygen atoms in total. The van der Waals surface area contributed by atoms with E-state index in [9.17, 15) is 4.79 Å². The van der Waals surface area contributed by atoms with Gasteiger partial charge in [0.05, 0.1) is 0 Å². The summed E-state index contributed by atoms with van der Waals surface area (Å²) < 4.78 is 5.77. The number of hydrogen-bond acceptors (Lipinski definition) is 4. The normalized spacial score (nSPS) is 10.3. The third kappa shape index (κ3) is 4.55. The van der Waals surface area contributed by atoms with Gasteiger partial charge in [-0.25, -0.2) is 0 Å². The average molecular weight is 350 g/mol. The van der Waals surface area contributed by atoms with Crippen molar-refractivity contribution in [3.05, 3.63) is 83.9 Å². The molecule has 0 atom stereocenters. The first kappa shape index (κ1) is 16.9. The number of benzene rings is 3. The third-order valence-electron chi connectivity index (χ3n) is 3.63. The van der Waals surface area contributed by atoms with Crippen LogP contribution < -0.4 is 15.8 Å². The Morgan fingerprint density at radius 2 is 1.80 bits per heavy atom. The van der Waals surface area contributed by atoms with Crippen LogP contribution >= 0.6 is 12.6 Å². The van der Waals surface area contributed by atoms with Crippen LogP contribution in [0.4, 0.5) is 11.4 Å². The first-order valence-corrected chi connectivity index (χ1v) is 8.23. The molecule has 0 aliphatic rings. The highest BCUT2D eigenvalue weighted by Gasteiger charge is 2.08. The van der Waals surface area contributed by atoms with Crippen molar-refractivity contribution in [2.75, 3.05) is 11.1 Å². The number of carbonyl (C=O) groups excluding carboxylic acids is 1. The second-order valence-corrected chi connectivity index (χ2v) is 6.01. The molecule has 0 heterocycles. The van der Waals surface area contributed by atoms with E-state index >= 15 is 0 Å². The van der Waals surface area contributed by atoms with Crippen LogP contribution in [0.3, 0.4) is 0 Å². The Labute approximate surface area is 152 Å². The van der Waals surface area contributed by atoms with Crippen LogP contribution in [0.15, 0.2) is 77.7 Å². The van der Waals surface area contributed by atoms with Gasteiger partial charge in [0.1, 0.15) is 12.4 Å². The lowest BCUT2D eigenvalue weighted by Gasteiger charge is -2.10. The fourth-order valence-corrected chi connectivity index (χ4v) is 2.44. The van der Waals surface area contributed by atoms with Gasteiger partial charge in [0, 0.05) is 27.9 Å². The number of hydrogen-bond donors (Lipinski definition) is 3. The van der Waals surface area contributed by atoms with Crippen molar-refractivity contribution in [2.45, 2.75) is 11.5 Å². The summed E-state index contributed by atoms with van der Waals surface area (Å²) in [5.41, 5.74) is 8.48. The van der Waals surface area contributed by atoms with Crippen LogP contribution in [-0.2, 0) is 6.61 Å². The molecule has 0 unspecified atom stereocenters. The molecule has 126 valence electrons. The van der Waals surface area contributed by atoms with E-state index in [-0.39, 0.29) is 5.91 Å². The molecule has 3 aromatic rings. The maximum absolute atomic E-state index is 12.3. The summed E-state index contributed by atoms with van der Waals surface area (Å²) in [7, 11) is 0. The summed E-state index contributed by atoms with van der Waals surface area (Å²) in [5.74, 6) is 0.451. The van der Waals surface area contributed by atoms with Crippen molar-refractivity contribution in [3.63, 3.8) is 0 Å². The van der Waals surface area contributed by atoms with Crippen LogP contribution in [0, 0.1) is 0 Å². The molecule has 0 radical (unpaired) electrons. The zero-order chi connectivity index (χ0) is 17.6. The number of nitrogen functional groups attached to an aromatic ring is 1. The minimum absolute atomic E-state index is 0.236. The number of anilines is 2. The molecular formula is C20H18N2O2S. The molecule has 1 amide bonds. The van der Waals surface area contributed by atoms with Gasteiger partial charge in [-0.05, 0) is 35.9 Å². The van der Waals surface area contributed by atoms with Crippen LogP contribution in [0.5, 0.6) is 5.75 Å². The van der Waals surface area contributed by atoms with Gasteiger partial charge in [0.2, 0.25) is 0 Å². The van der Waals surface area contributed by atoms with Gasteiger partial charge in [0.25, 0.3) is 5.91 Å². The van der Waals surface area contributed by atoms with E-state index in [0.29, 0.717) is 34.2 Å². The molecule has 0 saturated carbocycles. The lowest BCUT2D eigenvalue weighted by Crippen LogP contribution is -2.12. The van der Waals surface area contributed by atoms with Crippen molar-refractivity contribution in [1.29, 1.82) is 0 Å². The predicted molar refractivity (Wildman–Crippen MR) is 103 cm³/mol. The van der Waals surface area contributed by atoms with E-state index < -0.39 is 0 Å². The quantitative estimate of drug-likeness (QED) is 0.472. The number of nitrogens with two attached hydrogens (primary N) is 1. The SMILES string of the molecule is Nc1cc(C(=O)Nc2cccc(OCc3ccccc3)c2)ccc1S. The Morgan fingerprint density at radius 3 is 2.56 bits per heavy atom. The molecule has 0 spiro atoms. The zero-order valence-corrected chi connectivity index (χ0v) is 14.4. The van der Waals surface area contributed by atoms with Crippen molar-refractivity contribution in [3.8, 4) is 5.75 Å². The molecule has 5 heteroatoms. The maximum atomic E-state index is 12.3. The van der Waals surface area contributed by atoms with Gasteiger partial charge < -0.3 is 15.8 Å². The molecule has 0 aliphatic heterocycles. The summed E-state index contributed by atoms with van der Waals surface area (Å²) >= 11 is 4.21. The van der Waals surface area contributed by atoms with E-state index in [1.54, 1.807) is 24.3 Å². The molecular weight excluding hydrogens is 332 g/mol. The lowest BCUT2D eigenvalue weighted by molar-refractivity contribution is 0.102.